The van der Waals surface area contributed by atoms with Gasteiger partial charge in [-0.1, -0.05) is 49.6 Å². The lowest BCUT2D eigenvalue weighted by Crippen LogP contribution is -1.90. The molecule has 0 aromatic carbocycles. The lowest BCUT2D eigenvalue weighted by molar-refractivity contribution is 0.830. The van der Waals surface area contributed by atoms with Gasteiger partial charge in [0, 0.05) is 11.4 Å². The van der Waals surface area contributed by atoms with Crippen LogP contribution >= 0.6 is 0 Å². The van der Waals surface area contributed by atoms with Gasteiger partial charge in [0.2, 0.25) is 0 Å². The summed E-state index contributed by atoms with van der Waals surface area (Å²) < 4.78 is 0. The van der Waals surface area contributed by atoms with E-state index in [-0.39, 0.29) is 0 Å². The molecule has 92 valence electrons. The van der Waals surface area contributed by atoms with Gasteiger partial charge in [-0.25, -0.2) is 0 Å². The third-order valence-electron chi connectivity index (χ3n) is 2.06. The van der Waals surface area contributed by atoms with E-state index >= 15 is 0 Å². The van der Waals surface area contributed by atoms with Crippen molar-refractivity contribution >= 4 is 0 Å². The Balaban J connectivity index is 3.84. The molecule has 0 atom stereocenters. The SMILES string of the molecule is C=C(N)/C=C\C(=C)CCCC(=C)/C=C\C(=C)N. The summed E-state index contributed by atoms with van der Waals surface area (Å²) in [4.78, 5) is 0. The summed E-state index contributed by atoms with van der Waals surface area (Å²) >= 11 is 0. The minimum atomic E-state index is 0.542. The van der Waals surface area contributed by atoms with Crippen LogP contribution in [0.15, 0.2) is 73.2 Å². The van der Waals surface area contributed by atoms with E-state index in [1.807, 2.05) is 12.2 Å². The van der Waals surface area contributed by atoms with E-state index in [4.69, 9.17) is 11.5 Å². The fourth-order valence-electron chi connectivity index (χ4n) is 1.16. The molecule has 0 aliphatic carbocycles. The molecule has 0 radical (unpaired) electrons. The summed E-state index contributed by atoms with van der Waals surface area (Å²) in [6.07, 6.45) is 10.1. The maximum Gasteiger partial charge on any atom is 0.0241 e. The Bertz CT molecular complexity index is 334. The van der Waals surface area contributed by atoms with E-state index in [0.29, 0.717) is 11.4 Å². The molecule has 0 fully saturated rings. The van der Waals surface area contributed by atoms with Crippen LogP contribution in [0.25, 0.3) is 0 Å². The molecule has 4 N–H and O–H groups in total. The molecule has 0 aliphatic heterocycles. The molecule has 0 rings (SSSR count). The van der Waals surface area contributed by atoms with Crippen molar-refractivity contribution in [3.8, 4) is 0 Å². The van der Waals surface area contributed by atoms with Crippen LogP contribution < -0.4 is 11.5 Å². The van der Waals surface area contributed by atoms with E-state index in [2.05, 4.69) is 26.3 Å². The number of hydrogen-bond acceptors (Lipinski definition) is 2. The molecule has 0 unspecified atom stereocenters. The highest BCUT2D eigenvalue weighted by Crippen LogP contribution is 2.12. The zero-order valence-corrected chi connectivity index (χ0v) is 10.4. The maximum absolute atomic E-state index is 5.42. The minimum absolute atomic E-state index is 0.542. The van der Waals surface area contributed by atoms with Crippen molar-refractivity contribution in [1.82, 2.24) is 0 Å². The molecule has 0 aromatic rings. The summed E-state index contributed by atoms with van der Waals surface area (Å²) in [6.45, 7) is 15.0. The highest BCUT2D eigenvalue weighted by atomic mass is 14.5. The van der Waals surface area contributed by atoms with Crippen LogP contribution in [0, 0.1) is 0 Å². The Kier molecular flexibility index (Phi) is 7.27. The smallest absolute Gasteiger partial charge is 0.0241 e. The van der Waals surface area contributed by atoms with Crippen molar-refractivity contribution in [3.05, 3.63) is 73.2 Å². The Morgan fingerprint density at radius 3 is 1.35 bits per heavy atom. The van der Waals surface area contributed by atoms with Crippen molar-refractivity contribution in [2.24, 2.45) is 11.5 Å². The molecular weight excluding hydrogens is 208 g/mol. The highest BCUT2D eigenvalue weighted by molar-refractivity contribution is 5.24. The predicted octanol–water partition coefficient (Wildman–Crippen LogP) is 3.33. The van der Waals surface area contributed by atoms with E-state index in [0.717, 1.165) is 30.4 Å². The molecule has 0 amide bonds. The van der Waals surface area contributed by atoms with Gasteiger partial charge in [-0.2, -0.15) is 0 Å². The Morgan fingerprint density at radius 2 is 1.06 bits per heavy atom. The zero-order valence-electron chi connectivity index (χ0n) is 10.4. The molecule has 0 heterocycles. The molecule has 2 heteroatoms. The van der Waals surface area contributed by atoms with E-state index in [9.17, 15) is 0 Å². The van der Waals surface area contributed by atoms with Crippen LogP contribution in [0.4, 0.5) is 0 Å². The quantitative estimate of drug-likeness (QED) is 0.628. The molecule has 0 spiro atoms. The lowest BCUT2D eigenvalue weighted by atomic mass is 10.1. The number of hydrogen-bond donors (Lipinski definition) is 2. The second kappa shape index (κ2) is 8.22. The summed E-state index contributed by atoms with van der Waals surface area (Å²) in [5, 5.41) is 0. The largest absolute Gasteiger partial charge is 0.399 e. The molecule has 0 saturated carbocycles. The van der Waals surface area contributed by atoms with Crippen LogP contribution in [0.2, 0.25) is 0 Å². The van der Waals surface area contributed by atoms with E-state index in [1.165, 1.54) is 0 Å². The Hall–Kier alpha value is -1.96. The van der Waals surface area contributed by atoms with E-state index < -0.39 is 0 Å². The molecule has 0 aliphatic rings. The van der Waals surface area contributed by atoms with Crippen LogP contribution in [0.1, 0.15) is 19.3 Å². The first kappa shape index (κ1) is 15.0. The second-order valence-electron chi connectivity index (χ2n) is 3.99. The normalized spacial score (nSPS) is 10.8. The van der Waals surface area contributed by atoms with Crippen molar-refractivity contribution in [3.63, 3.8) is 0 Å². The molecule has 17 heavy (non-hydrogen) atoms. The summed E-state index contributed by atoms with van der Waals surface area (Å²) in [5.41, 5.74) is 14.0. The molecular formula is C15H22N2. The third-order valence-corrected chi connectivity index (χ3v) is 2.06. The van der Waals surface area contributed by atoms with Crippen molar-refractivity contribution < 1.29 is 0 Å². The van der Waals surface area contributed by atoms with Gasteiger partial charge in [-0.3, -0.25) is 0 Å². The van der Waals surface area contributed by atoms with Gasteiger partial charge < -0.3 is 11.5 Å². The van der Waals surface area contributed by atoms with Gasteiger partial charge in [0.25, 0.3) is 0 Å². The fourth-order valence-corrected chi connectivity index (χ4v) is 1.16. The van der Waals surface area contributed by atoms with Gasteiger partial charge in [-0.15, -0.1) is 0 Å². The van der Waals surface area contributed by atoms with Crippen molar-refractivity contribution in [2.75, 3.05) is 0 Å². The predicted molar refractivity (Wildman–Crippen MR) is 77.1 cm³/mol. The summed E-state index contributed by atoms with van der Waals surface area (Å²) in [6, 6.07) is 0. The minimum Gasteiger partial charge on any atom is -0.399 e. The number of rotatable bonds is 8. The average molecular weight is 230 g/mol. The zero-order chi connectivity index (χ0) is 13.3. The maximum atomic E-state index is 5.42. The third kappa shape index (κ3) is 10.3. The standard InChI is InChI=1S/C15H22N2/c1-12(8-10-14(3)16)6-5-7-13(2)9-11-15(4)17/h8-11H,1-7,16-17H2/b10-8-,11-9-. The Morgan fingerprint density at radius 1 is 0.706 bits per heavy atom. The van der Waals surface area contributed by atoms with Crippen LogP contribution in [0.5, 0.6) is 0 Å². The monoisotopic (exact) mass is 230 g/mol. The van der Waals surface area contributed by atoms with Gasteiger partial charge in [0.15, 0.2) is 0 Å². The Labute approximate surface area is 104 Å². The van der Waals surface area contributed by atoms with Gasteiger partial charge in [-0.05, 0) is 31.4 Å². The molecule has 0 aromatic heterocycles. The molecule has 0 bridgehead atoms. The first-order chi connectivity index (χ1) is 7.91. The molecule has 0 saturated heterocycles. The van der Waals surface area contributed by atoms with Gasteiger partial charge >= 0.3 is 0 Å². The summed E-state index contributed by atoms with van der Waals surface area (Å²) in [5.74, 6) is 0. The summed E-state index contributed by atoms with van der Waals surface area (Å²) in [7, 11) is 0. The second-order valence-corrected chi connectivity index (χ2v) is 3.99. The average Bonchev–Trinajstić information content (AvgIpc) is 2.23. The van der Waals surface area contributed by atoms with Crippen LogP contribution in [-0.2, 0) is 0 Å². The highest BCUT2D eigenvalue weighted by Gasteiger charge is 1.93. The first-order valence-corrected chi connectivity index (χ1v) is 5.52. The molecule has 2 nitrogen and oxygen atoms in total. The fraction of sp³-hybridized carbons (Fsp3) is 0.200. The lowest BCUT2D eigenvalue weighted by Gasteiger charge is -2.01. The van der Waals surface area contributed by atoms with Crippen molar-refractivity contribution in [1.29, 1.82) is 0 Å². The van der Waals surface area contributed by atoms with Crippen LogP contribution in [0.3, 0.4) is 0 Å². The van der Waals surface area contributed by atoms with Crippen LogP contribution in [-0.4, -0.2) is 0 Å². The van der Waals surface area contributed by atoms with Gasteiger partial charge in [0.05, 0.1) is 0 Å². The topological polar surface area (TPSA) is 52.0 Å². The van der Waals surface area contributed by atoms with E-state index in [1.54, 1.807) is 12.2 Å². The first-order valence-electron chi connectivity index (χ1n) is 5.52. The number of allylic oxidation sites excluding steroid dienone is 6. The van der Waals surface area contributed by atoms with Gasteiger partial charge in [0.1, 0.15) is 0 Å². The number of nitrogens with two attached hydrogens (primary N) is 2. The van der Waals surface area contributed by atoms with Crippen molar-refractivity contribution in [2.45, 2.75) is 19.3 Å².